The van der Waals surface area contributed by atoms with E-state index in [-0.39, 0.29) is 11.5 Å². The van der Waals surface area contributed by atoms with E-state index in [0.717, 1.165) is 9.13 Å². The third-order valence-electron chi connectivity index (χ3n) is 2.37. The lowest BCUT2D eigenvalue weighted by Crippen LogP contribution is -2.26. The fourth-order valence-electron chi connectivity index (χ4n) is 1.60. The monoisotopic (exact) mass is 315 g/mol. The SMILES string of the molecule is O=C1CC(c2cccc([125I])c2)C(=O)N1O. The molecule has 1 fully saturated rings. The number of nitrogens with zero attached hydrogens (tertiary/aromatic N) is 1. The van der Waals surface area contributed by atoms with Crippen LogP contribution >= 0.6 is 22.6 Å². The molecule has 1 N–H and O–H groups in total. The fourth-order valence-corrected chi connectivity index (χ4v) is 2.17. The van der Waals surface area contributed by atoms with Gasteiger partial charge in [0.1, 0.15) is 0 Å². The van der Waals surface area contributed by atoms with Crippen molar-refractivity contribution in [2.45, 2.75) is 12.3 Å². The molecule has 1 heterocycles. The molecule has 78 valence electrons. The van der Waals surface area contributed by atoms with Gasteiger partial charge < -0.3 is 0 Å². The van der Waals surface area contributed by atoms with E-state index in [9.17, 15) is 9.59 Å². The molecule has 5 heteroatoms. The summed E-state index contributed by atoms with van der Waals surface area (Å²) in [5.41, 5.74) is 0.775. The van der Waals surface area contributed by atoms with Gasteiger partial charge in [0.2, 0.25) is 0 Å². The van der Waals surface area contributed by atoms with Crippen LogP contribution in [-0.2, 0) is 9.59 Å². The van der Waals surface area contributed by atoms with Crippen molar-refractivity contribution < 1.29 is 14.8 Å². The van der Waals surface area contributed by atoms with Gasteiger partial charge in [-0.1, -0.05) is 12.1 Å². The summed E-state index contributed by atoms with van der Waals surface area (Å²) in [6.45, 7) is 0. The molecule has 0 saturated carbocycles. The quantitative estimate of drug-likeness (QED) is 0.486. The van der Waals surface area contributed by atoms with Crippen molar-refractivity contribution in [2.24, 2.45) is 0 Å². The molecule has 0 spiro atoms. The first kappa shape index (κ1) is 10.6. The second kappa shape index (κ2) is 3.90. The van der Waals surface area contributed by atoms with Gasteiger partial charge in [-0.15, -0.1) is 0 Å². The van der Waals surface area contributed by atoms with Gasteiger partial charge in [-0.25, -0.2) is 0 Å². The zero-order chi connectivity index (χ0) is 11.0. The van der Waals surface area contributed by atoms with E-state index in [1.807, 2.05) is 18.2 Å². The molecule has 4 nitrogen and oxygen atoms in total. The maximum absolute atomic E-state index is 11.5. The number of imide groups is 1. The molecule has 0 bridgehead atoms. The molecule has 1 aromatic carbocycles. The Morgan fingerprint density at radius 2 is 2.13 bits per heavy atom. The Morgan fingerprint density at radius 3 is 2.67 bits per heavy atom. The fraction of sp³-hybridized carbons (Fsp3) is 0.200. The largest absolute Gasteiger partial charge is 0.278 e. The van der Waals surface area contributed by atoms with E-state index in [1.54, 1.807) is 6.07 Å². The molecule has 1 unspecified atom stereocenters. The number of carbonyl (C=O) groups excluding carboxylic acids is 2. The zero-order valence-electron chi connectivity index (χ0n) is 7.68. The minimum Gasteiger partial charge on any atom is -0.278 e. The normalized spacial score (nSPS) is 21.2. The summed E-state index contributed by atoms with van der Waals surface area (Å²) in [4.78, 5) is 22.6. The molecule has 2 rings (SSSR count). The van der Waals surface area contributed by atoms with Gasteiger partial charge in [-0.3, -0.25) is 14.8 Å². The highest BCUT2D eigenvalue weighted by Crippen LogP contribution is 2.29. The minimum atomic E-state index is -0.540. The van der Waals surface area contributed by atoms with Crippen molar-refractivity contribution in [1.82, 2.24) is 5.06 Å². The molecule has 1 aromatic rings. The maximum atomic E-state index is 11.5. The summed E-state index contributed by atoms with van der Waals surface area (Å²) in [6, 6.07) is 7.36. The van der Waals surface area contributed by atoms with Crippen LogP contribution in [0.2, 0.25) is 0 Å². The van der Waals surface area contributed by atoms with E-state index >= 15 is 0 Å². The summed E-state index contributed by atoms with van der Waals surface area (Å²) in [5, 5.41) is 9.31. The summed E-state index contributed by atoms with van der Waals surface area (Å²) >= 11 is 2.14. The minimum absolute atomic E-state index is 0.0510. The van der Waals surface area contributed by atoms with Gasteiger partial charge >= 0.3 is 0 Å². The highest BCUT2D eigenvalue weighted by molar-refractivity contribution is 14.1. The van der Waals surface area contributed by atoms with Crippen molar-refractivity contribution in [3.8, 4) is 0 Å². The van der Waals surface area contributed by atoms with Crippen molar-refractivity contribution in [1.29, 1.82) is 0 Å². The smallest absolute Gasteiger partial charge is 0.261 e. The van der Waals surface area contributed by atoms with Crippen LogP contribution in [0.3, 0.4) is 0 Å². The van der Waals surface area contributed by atoms with Crippen LogP contribution in [0, 0.1) is 3.57 Å². The number of benzene rings is 1. The van der Waals surface area contributed by atoms with Crippen LogP contribution in [0.15, 0.2) is 24.3 Å². The first-order valence-corrected chi connectivity index (χ1v) is 5.48. The average Bonchev–Trinajstić information content (AvgIpc) is 2.46. The van der Waals surface area contributed by atoms with E-state index in [2.05, 4.69) is 22.6 Å². The molecule has 0 radical (unpaired) electrons. The van der Waals surface area contributed by atoms with Gasteiger partial charge in [0, 0.05) is 9.99 Å². The van der Waals surface area contributed by atoms with Crippen molar-refractivity contribution in [3.05, 3.63) is 33.4 Å². The number of hydroxylamine groups is 2. The molecule has 1 saturated heterocycles. The van der Waals surface area contributed by atoms with Crippen LogP contribution in [0.4, 0.5) is 0 Å². The van der Waals surface area contributed by atoms with Crippen LogP contribution < -0.4 is 0 Å². The van der Waals surface area contributed by atoms with Gasteiger partial charge in [0.25, 0.3) is 11.8 Å². The predicted octanol–water partition coefficient (Wildman–Crippen LogP) is 1.52. The molecule has 1 aliphatic rings. The summed E-state index contributed by atoms with van der Waals surface area (Å²) < 4.78 is 1.00. The Balaban J connectivity index is 2.33. The van der Waals surface area contributed by atoms with Crippen LogP contribution in [0.25, 0.3) is 0 Å². The Hall–Kier alpha value is -0.950. The molecule has 15 heavy (non-hydrogen) atoms. The van der Waals surface area contributed by atoms with Crippen molar-refractivity contribution >= 4 is 34.4 Å². The lowest BCUT2D eigenvalue weighted by molar-refractivity contribution is -0.171. The van der Waals surface area contributed by atoms with Gasteiger partial charge in [0.05, 0.1) is 5.92 Å². The number of rotatable bonds is 1. The Bertz CT molecular complexity index is 432. The molecule has 2 amide bonds. The third kappa shape index (κ3) is 1.89. The molecular weight excluding hydrogens is 307 g/mol. The van der Waals surface area contributed by atoms with E-state index in [0.29, 0.717) is 0 Å². The number of hydrogen-bond donors (Lipinski definition) is 1. The first-order chi connectivity index (χ1) is 7.09. The molecule has 1 aliphatic heterocycles. The average molecular weight is 315 g/mol. The van der Waals surface area contributed by atoms with E-state index in [1.165, 1.54) is 0 Å². The van der Waals surface area contributed by atoms with E-state index in [4.69, 9.17) is 5.21 Å². The Kier molecular flexibility index (Phi) is 2.74. The van der Waals surface area contributed by atoms with Gasteiger partial charge in [0.15, 0.2) is 0 Å². The lowest BCUT2D eigenvalue weighted by Gasteiger charge is -2.07. The summed E-state index contributed by atoms with van der Waals surface area (Å²) in [5.74, 6) is -1.61. The van der Waals surface area contributed by atoms with Crippen LogP contribution in [-0.4, -0.2) is 22.1 Å². The second-order valence-corrected chi connectivity index (χ2v) is 4.60. The number of hydrogen-bond acceptors (Lipinski definition) is 3. The number of halogens is 1. The third-order valence-corrected chi connectivity index (χ3v) is 3.04. The standard InChI is InChI=1S/C10H8INO3/c11-7-3-1-2-6(4-7)8-5-9(13)12(15)10(8)14/h1-4,8,15H,5H2/i11-2. The highest BCUT2D eigenvalue weighted by atomic mass is 125. The zero-order valence-corrected chi connectivity index (χ0v) is 9.84. The van der Waals surface area contributed by atoms with Gasteiger partial charge in [-0.05, 0) is 40.3 Å². The Morgan fingerprint density at radius 1 is 1.40 bits per heavy atom. The first-order valence-electron chi connectivity index (χ1n) is 4.40. The van der Waals surface area contributed by atoms with E-state index < -0.39 is 17.7 Å². The highest BCUT2D eigenvalue weighted by Gasteiger charge is 2.38. The maximum Gasteiger partial charge on any atom is 0.261 e. The van der Waals surface area contributed by atoms with Gasteiger partial charge in [-0.2, -0.15) is 5.06 Å². The summed E-state index contributed by atoms with van der Waals surface area (Å²) in [6.07, 6.45) is 0.0510. The molecule has 1 atom stereocenters. The number of carbonyl (C=O) groups is 2. The summed E-state index contributed by atoms with van der Waals surface area (Å²) in [7, 11) is 0. The molecule has 0 aliphatic carbocycles. The van der Waals surface area contributed by atoms with Crippen molar-refractivity contribution in [3.63, 3.8) is 0 Å². The van der Waals surface area contributed by atoms with Crippen LogP contribution in [0.1, 0.15) is 17.9 Å². The number of amides is 2. The second-order valence-electron chi connectivity index (χ2n) is 3.36. The molecular formula is C10H8INO3. The molecule has 0 aromatic heterocycles. The lowest BCUT2D eigenvalue weighted by atomic mass is 9.98. The predicted molar refractivity (Wildman–Crippen MR) is 60.2 cm³/mol. The van der Waals surface area contributed by atoms with Crippen molar-refractivity contribution in [2.75, 3.05) is 0 Å². The topological polar surface area (TPSA) is 57.6 Å². The Labute approximate surface area is 100.0 Å². The van der Waals surface area contributed by atoms with Crippen LogP contribution in [0.5, 0.6) is 0 Å².